The lowest BCUT2D eigenvalue weighted by Crippen LogP contribution is -2.45. The highest BCUT2D eigenvalue weighted by molar-refractivity contribution is 4.99. The summed E-state index contributed by atoms with van der Waals surface area (Å²) in [4.78, 5) is 0. The molecule has 0 radical (unpaired) electrons. The van der Waals surface area contributed by atoms with Crippen LogP contribution in [-0.2, 0) is 4.74 Å². The van der Waals surface area contributed by atoms with E-state index in [-0.39, 0.29) is 0 Å². The molecule has 2 heteroatoms. The van der Waals surface area contributed by atoms with Gasteiger partial charge in [-0.25, -0.2) is 0 Å². The van der Waals surface area contributed by atoms with Crippen LogP contribution in [0.4, 0.5) is 0 Å². The summed E-state index contributed by atoms with van der Waals surface area (Å²) in [5.74, 6) is 1.72. The maximum Gasteiger partial charge on any atom is 0.0661 e. The Morgan fingerprint density at radius 1 is 1.10 bits per heavy atom. The molecule has 0 aromatic rings. The highest BCUT2D eigenvalue weighted by Crippen LogP contribution is 2.43. The number of nitrogens with one attached hydrogen (secondary N) is 1. The van der Waals surface area contributed by atoms with Crippen LogP contribution < -0.4 is 5.32 Å². The molecule has 3 aliphatic heterocycles. The first-order valence-electron chi connectivity index (χ1n) is 4.29. The average Bonchev–Trinajstić information content (AvgIpc) is 2.40. The largest absolute Gasteiger partial charge is 0.374 e. The van der Waals surface area contributed by atoms with Gasteiger partial charge in [-0.2, -0.15) is 0 Å². The topological polar surface area (TPSA) is 21.3 Å². The van der Waals surface area contributed by atoms with Crippen LogP contribution in [0.3, 0.4) is 0 Å². The molecule has 2 bridgehead atoms. The zero-order valence-corrected chi connectivity index (χ0v) is 6.05. The summed E-state index contributed by atoms with van der Waals surface area (Å²) in [5, 5.41) is 3.46. The first-order valence-corrected chi connectivity index (χ1v) is 4.29. The molecule has 3 aliphatic rings. The predicted molar refractivity (Wildman–Crippen MR) is 37.7 cm³/mol. The van der Waals surface area contributed by atoms with E-state index in [9.17, 15) is 0 Å². The standard InChI is InChI=1S/C8H13NO/c1-5-3-9-4-6-2-7(1)10-8(5)6/h5-9H,1-4H2. The van der Waals surface area contributed by atoms with E-state index in [2.05, 4.69) is 5.32 Å². The number of hydrogen-bond donors (Lipinski definition) is 1. The molecule has 0 aliphatic carbocycles. The molecule has 2 atom stereocenters. The molecule has 3 rings (SSSR count). The number of rotatable bonds is 0. The molecule has 2 nitrogen and oxygen atoms in total. The highest BCUT2D eigenvalue weighted by Gasteiger charge is 2.48. The highest BCUT2D eigenvalue weighted by atomic mass is 16.5. The Morgan fingerprint density at radius 3 is 2.30 bits per heavy atom. The zero-order valence-electron chi connectivity index (χ0n) is 6.05. The number of fused-ring (bicyclic) bond motifs is 1. The van der Waals surface area contributed by atoms with Gasteiger partial charge in [0.2, 0.25) is 0 Å². The summed E-state index contributed by atoms with van der Waals surface area (Å²) >= 11 is 0. The summed E-state index contributed by atoms with van der Waals surface area (Å²) in [6.07, 6.45) is 3.94. The second kappa shape index (κ2) is 1.74. The van der Waals surface area contributed by atoms with E-state index < -0.39 is 0 Å². The smallest absolute Gasteiger partial charge is 0.0661 e. The molecule has 3 heterocycles. The second-order valence-electron chi connectivity index (χ2n) is 3.87. The first kappa shape index (κ1) is 5.56. The quantitative estimate of drug-likeness (QED) is 0.524. The van der Waals surface area contributed by atoms with Crippen LogP contribution >= 0.6 is 0 Å². The molecule has 0 spiro atoms. The van der Waals surface area contributed by atoms with Crippen molar-refractivity contribution in [1.29, 1.82) is 0 Å². The van der Waals surface area contributed by atoms with Gasteiger partial charge in [0.15, 0.2) is 0 Å². The van der Waals surface area contributed by atoms with Gasteiger partial charge in [0.05, 0.1) is 12.2 Å². The summed E-state index contributed by atoms with van der Waals surface area (Å²) in [6.45, 7) is 2.41. The Hall–Kier alpha value is -0.0800. The van der Waals surface area contributed by atoms with E-state index in [1.165, 1.54) is 25.9 Å². The van der Waals surface area contributed by atoms with Crippen molar-refractivity contribution < 1.29 is 4.74 Å². The Labute approximate surface area is 60.9 Å². The van der Waals surface area contributed by atoms with Gasteiger partial charge in [-0.3, -0.25) is 0 Å². The molecular formula is C8H13NO. The fraction of sp³-hybridized carbons (Fsp3) is 1.00. The second-order valence-corrected chi connectivity index (χ2v) is 3.87. The summed E-state index contributed by atoms with van der Waals surface area (Å²) in [5.41, 5.74) is 0. The number of hydrogen-bond acceptors (Lipinski definition) is 2. The van der Waals surface area contributed by atoms with E-state index in [0.29, 0.717) is 12.2 Å². The van der Waals surface area contributed by atoms with Crippen molar-refractivity contribution in [3.63, 3.8) is 0 Å². The van der Waals surface area contributed by atoms with E-state index in [1.54, 1.807) is 0 Å². The van der Waals surface area contributed by atoms with Crippen LogP contribution in [0.15, 0.2) is 0 Å². The molecule has 56 valence electrons. The van der Waals surface area contributed by atoms with Crippen LogP contribution in [0, 0.1) is 11.8 Å². The van der Waals surface area contributed by atoms with Crippen molar-refractivity contribution in [2.45, 2.75) is 25.0 Å². The van der Waals surface area contributed by atoms with Gasteiger partial charge >= 0.3 is 0 Å². The predicted octanol–water partition coefficient (Wildman–Crippen LogP) is 0.383. The number of piperidine rings is 1. The molecule has 1 N–H and O–H groups in total. The maximum atomic E-state index is 5.80. The molecule has 3 saturated heterocycles. The first-order chi connectivity index (χ1) is 4.93. The van der Waals surface area contributed by atoms with E-state index in [0.717, 1.165) is 11.8 Å². The average molecular weight is 139 g/mol. The summed E-state index contributed by atoms with van der Waals surface area (Å²) in [6, 6.07) is 0. The van der Waals surface area contributed by atoms with E-state index in [1.807, 2.05) is 0 Å². The maximum absolute atomic E-state index is 5.80. The normalized spacial score (nSPS) is 57.6. The molecule has 0 amide bonds. The third kappa shape index (κ3) is 0.565. The van der Waals surface area contributed by atoms with Crippen molar-refractivity contribution in [2.75, 3.05) is 13.1 Å². The van der Waals surface area contributed by atoms with Crippen molar-refractivity contribution in [1.82, 2.24) is 5.32 Å². The van der Waals surface area contributed by atoms with Gasteiger partial charge in [-0.1, -0.05) is 0 Å². The minimum atomic E-state index is 0.641. The zero-order chi connectivity index (χ0) is 6.55. The van der Waals surface area contributed by atoms with Gasteiger partial charge in [-0.15, -0.1) is 0 Å². The SMILES string of the molecule is C1NCC2CC3CC1C2O3. The fourth-order valence-electron chi connectivity index (χ4n) is 2.83. The lowest BCUT2D eigenvalue weighted by molar-refractivity contribution is 0.0655. The molecule has 0 saturated carbocycles. The minimum absolute atomic E-state index is 0.641. The third-order valence-corrected chi connectivity index (χ3v) is 3.22. The van der Waals surface area contributed by atoms with E-state index in [4.69, 9.17) is 4.74 Å². The van der Waals surface area contributed by atoms with Crippen LogP contribution in [0.1, 0.15) is 12.8 Å². The Balaban J connectivity index is 1.91. The summed E-state index contributed by atoms with van der Waals surface area (Å²) < 4.78 is 5.80. The fourth-order valence-corrected chi connectivity index (χ4v) is 2.83. The van der Waals surface area contributed by atoms with Crippen molar-refractivity contribution >= 4 is 0 Å². The molecular weight excluding hydrogens is 126 g/mol. The lowest BCUT2D eigenvalue weighted by atomic mass is 9.79. The number of ether oxygens (including phenoxy) is 1. The van der Waals surface area contributed by atoms with Gasteiger partial charge in [-0.05, 0) is 12.8 Å². The van der Waals surface area contributed by atoms with Crippen LogP contribution in [0.2, 0.25) is 0 Å². The third-order valence-electron chi connectivity index (χ3n) is 3.22. The molecule has 0 aromatic heterocycles. The summed E-state index contributed by atoms with van der Waals surface area (Å²) in [7, 11) is 0. The van der Waals surface area contributed by atoms with Crippen LogP contribution in [-0.4, -0.2) is 25.3 Å². The Bertz CT molecular complexity index is 143. The molecule has 0 aromatic carbocycles. The minimum Gasteiger partial charge on any atom is -0.374 e. The monoisotopic (exact) mass is 139 g/mol. The van der Waals surface area contributed by atoms with Gasteiger partial charge in [0, 0.05) is 24.9 Å². The van der Waals surface area contributed by atoms with Crippen molar-refractivity contribution in [3.05, 3.63) is 0 Å². The molecule has 3 fully saturated rings. The van der Waals surface area contributed by atoms with Gasteiger partial charge in [0.1, 0.15) is 0 Å². The van der Waals surface area contributed by atoms with Gasteiger partial charge in [0.25, 0.3) is 0 Å². The van der Waals surface area contributed by atoms with E-state index >= 15 is 0 Å². The van der Waals surface area contributed by atoms with Crippen LogP contribution in [0.25, 0.3) is 0 Å². The van der Waals surface area contributed by atoms with Gasteiger partial charge < -0.3 is 10.1 Å². The Morgan fingerprint density at radius 2 is 1.80 bits per heavy atom. The molecule has 10 heavy (non-hydrogen) atoms. The lowest BCUT2D eigenvalue weighted by Gasteiger charge is -2.32. The van der Waals surface area contributed by atoms with Crippen molar-refractivity contribution in [3.8, 4) is 0 Å². The van der Waals surface area contributed by atoms with Crippen molar-refractivity contribution in [2.24, 2.45) is 11.8 Å². The van der Waals surface area contributed by atoms with Crippen LogP contribution in [0.5, 0.6) is 0 Å². The molecule has 2 unspecified atom stereocenters. The Kier molecular flexibility index (Phi) is 0.968.